The molecule has 0 saturated carbocycles. The molecule has 1 aromatic carbocycles. The third-order valence-corrected chi connectivity index (χ3v) is 10.1. The summed E-state index contributed by atoms with van der Waals surface area (Å²) in [7, 11) is -3.47. The number of fused-ring (bicyclic) bond motifs is 1. The van der Waals surface area contributed by atoms with Gasteiger partial charge < -0.3 is 19.5 Å². The van der Waals surface area contributed by atoms with Gasteiger partial charge in [-0.2, -0.15) is 14.3 Å². The van der Waals surface area contributed by atoms with Crippen molar-refractivity contribution in [3.8, 4) is 0 Å². The van der Waals surface area contributed by atoms with Crippen molar-refractivity contribution in [1.82, 2.24) is 23.8 Å². The molecule has 3 aromatic heterocycles. The SMILES string of the molecule is O=S(=O)(c1cccs1)N1CCN(c2nc(NCC3CCCO3)c3ncn(Cc4ccccc4)c3n2)CC1. The molecular formula is C25H29N7O3S2. The second-order valence-electron chi connectivity index (χ2n) is 9.24. The Hall–Kier alpha value is -3.06. The summed E-state index contributed by atoms with van der Waals surface area (Å²) in [6, 6.07) is 13.6. The molecule has 6 rings (SSSR count). The maximum atomic E-state index is 13.0. The standard InChI is InChI=1S/C25H29N7O3S2/c33-37(34,21-9-5-15-36-21)32-12-10-30(11-13-32)25-28-23(26-16-20-8-4-14-35-20)22-24(29-25)31(18-27-22)17-19-6-2-1-3-7-19/h1-3,5-7,9,15,18,20H,4,8,10-14,16-17H2,(H,26,28,29). The van der Waals surface area contributed by atoms with E-state index in [1.165, 1.54) is 11.3 Å². The van der Waals surface area contributed by atoms with Crippen LogP contribution in [-0.2, 0) is 21.3 Å². The summed E-state index contributed by atoms with van der Waals surface area (Å²) in [5.41, 5.74) is 2.62. The first-order valence-electron chi connectivity index (χ1n) is 12.5. The normalized spacial score (nSPS) is 19.0. The lowest BCUT2D eigenvalue weighted by molar-refractivity contribution is 0.120. The fourth-order valence-corrected chi connectivity index (χ4v) is 7.34. The molecule has 2 saturated heterocycles. The molecule has 2 aliphatic heterocycles. The molecule has 0 spiro atoms. The second kappa shape index (κ2) is 10.4. The van der Waals surface area contributed by atoms with Gasteiger partial charge in [0.1, 0.15) is 4.21 Å². The van der Waals surface area contributed by atoms with Crippen LogP contribution in [0, 0.1) is 0 Å². The van der Waals surface area contributed by atoms with E-state index in [0.717, 1.165) is 36.2 Å². The average molecular weight is 540 g/mol. The van der Waals surface area contributed by atoms with Crippen LogP contribution < -0.4 is 10.2 Å². The third kappa shape index (κ3) is 5.06. The topological polar surface area (TPSA) is 105 Å². The molecule has 194 valence electrons. The molecule has 1 atom stereocenters. The first-order chi connectivity index (χ1) is 18.1. The number of nitrogens with zero attached hydrogens (tertiary/aromatic N) is 6. The highest BCUT2D eigenvalue weighted by atomic mass is 32.2. The van der Waals surface area contributed by atoms with E-state index in [2.05, 4.69) is 27.3 Å². The highest BCUT2D eigenvalue weighted by molar-refractivity contribution is 7.91. The zero-order valence-corrected chi connectivity index (χ0v) is 22.0. The van der Waals surface area contributed by atoms with Crippen LogP contribution in [0.15, 0.2) is 58.4 Å². The van der Waals surface area contributed by atoms with Crippen molar-refractivity contribution in [1.29, 1.82) is 0 Å². The quantitative estimate of drug-likeness (QED) is 0.364. The minimum absolute atomic E-state index is 0.158. The van der Waals surface area contributed by atoms with Crippen molar-refractivity contribution >= 4 is 44.3 Å². The van der Waals surface area contributed by atoms with Crippen molar-refractivity contribution in [2.24, 2.45) is 0 Å². The predicted octanol–water partition coefficient (Wildman–Crippen LogP) is 3.04. The number of piperazine rings is 1. The lowest BCUT2D eigenvalue weighted by Crippen LogP contribution is -2.49. The molecule has 1 unspecified atom stereocenters. The molecule has 4 aromatic rings. The molecule has 0 bridgehead atoms. The predicted molar refractivity (Wildman–Crippen MR) is 144 cm³/mol. The molecule has 10 nitrogen and oxygen atoms in total. The summed E-state index contributed by atoms with van der Waals surface area (Å²) in [6.07, 6.45) is 4.06. The van der Waals surface area contributed by atoms with Crippen LogP contribution in [0.25, 0.3) is 11.2 Å². The second-order valence-corrected chi connectivity index (χ2v) is 12.4. The van der Waals surface area contributed by atoms with E-state index in [9.17, 15) is 8.42 Å². The van der Waals surface area contributed by atoms with E-state index in [4.69, 9.17) is 14.7 Å². The van der Waals surface area contributed by atoms with Crippen LogP contribution in [-0.4, -0.2) is 77.7 Å². The molecule has 12 heteroatoms. The molecular weight excluding hydrogens is 510 g/mol. The van der Waals surface area contributed by atoms with Crippen molar-refractivity contribution in [3.05, 3.63) is 59.7 Å². The van der Waals surface area contributed by atoms with Crippen molar-refractivity contribution < 1.29 is 13.2 Å². The number of aromatic nitrogens is 4. The molecule has 0 radical (unpaired) electrons. The van der Waals surface area contributed by atoms with Gasteiger partial charge in [0.25, 0.3) is 10.0 Å². The number of benzene rings is 1. The zero-order chi connectivity index (χ0) is 25.2. The maximum Gasteiger partial charge on any atom is 0.252 e. The summed E-state index contributed by atoms with van der Waals surface area (Å²) in [4.78, 5) is 16.5. The molecule has 2 aliphatic rings. The molecule has 0 aliphatic carbocycles. The summed E-state index contributed by atoms with van der Waals surface area (Å²) in [6.45, 7) is 3.87. The Morgan fingerprint density at radius 1 is 1.05 bits per heavy atom. The van der Waals surface area contributed by atoms with Gasteiger partial charge in [0.2, 0.25) is 5.95 Å². The van der Waals surface area contributed by atoms with Gasteiger partial charge in [-0.05, 0) is 29.9 Å². The van der Waals surface area contributed by atoms with E-state index in [1.807, 2.05) is 22.8 Å². The Morgan fingerprint density at radius 3 is 2.62 bits per heavy atom. The fraction of sp³-hybridized carbons (Fsp3) is 0.400. The Bertz CT molecular complexity index is 1440. The Labute approximate surface area is 220 Å². The van der Waals surface area contributed by atoms with E-state index >= 15 is 0 Å². The van der Waals surface area contributed by atoms with Gasteiger partial charge in [0.05, 0.1) is 19.0 Å². The number of imidazole rings is 1. The van der Waals surface area contributed by atoms with Crippen LogP contribution in [0.2, 0.25) is 0 Å². The summed E-state index contributed by atoms with van der Waals surface area (Å²) >= 11 is 1.25. The number of hydrogen-bond donors (Lipinski definition) is 1. The highest BCUT2D eigenvalue weighted by Crippen LogP contribution is 2.27. The average Bonchev–Trinajstić information content (AvgIpc) is 3.71. The number of nitrogens with one attached hydrogen (secondary N) is 1. The maximum absolute atomic E-state index is 13.0. The van der Waals surface area contributed by atoms with Crippen LogP contribution in [0.3, 0.4) is 0 Å². The minimum Gasteiger partial charge on any atom is -0.376 e. The van der Waals surface area contributed by atoms with Gasteiger partial charge in [0.15, 0.2) is 17.0 Å². The van der Waals surface area contributed by atoms with Crippen LogP contribution >= 0.6 is 11.3 Å². The Balaban J connectivity index is 1.27. The fourth-order valence-electron chi connectivity index (χ4n) is 4.78. The van der Waals surface area contributed by atoms with Crippen LogP contribution in [0.1, 0.15) is 18.4 Å². The van der Waals surface area contributed by atoms with Gasteiger partial charge in [-0.15, -0.1) is 11.3 Å². The molecule has 0 amide bonds. The smallest absolute Gasteiger partial charge is 0.252 e. The zero-order valence-electron chi connectivity index (χ0n) is 20.4. The summed E-state index contributed by atoms with van der Waals surface area (Å²) in [5, 5.41) is 5.24. The van der Waals surface area contributed by atoms with Gasteiger partial charge in [0, 0.05) is 39.3 Å². The molecule has 37 heavy (non-hydrogen) atoms. The monoisotopic (exact) mass is 539 g/mol. The van der Waals surface area contributed by atoms with Crippen molar-refractivity contribution in [2.75, 3.05) is 49.5 Å². The summed E-state index contributed by atoms with van der Waals surface area (Å²) in [5.74, 6) is 1.25. The third-order valence-electron chi connectivity index (χ3n) is 6.78. The Morgan fingerprint density at radius 2 is 1.89 bits per heavy atom. The van der Waals surface area contributed by atoms with E-state index < -0.39 is 10.0 Å². The molecule has 1 N–H and O–H groups in total. The number of rotatable bonds is 8. The Kier molecular flexibility index (Phi) is 6.80. The number of sulfonamides is 1. The van der Waals surface area contributed by atoms with E-state index in [-0.39, 0.29) is 6.10 Å². The lowest BCUT2D eigenvalue weighted by Gasteiger charge is -2.33. The number of hydrogen-bond acceptors (Lipinski definition) is 9. The highest BCUT2D eigenvalue weighted by Gasteiger charge is 2.30. The lowest BCUT2D eigenvalue weighted by atomic mass is 10.2. The van der Waals surface area contributed by atoms with Crippen molar-refractivity contribution in [2.45, 2.75) is 29.7 Å². The van der Waals surface area contributed by atoms with Gasteiger partial charge in [-0.25, -0.2) is 13.4 Å². The molecule has 2 fully saturated rings. The summed E-state index contributed by atoms with van der Waals surface area (Å²) < 4.78 is 35.7. The van der Waals surface area contributed by atoms with Gasteiger partial charge >= 0.3 is 0 Å². The van der Waals surface area contributed by atoms with Crippen LogP contribution in [0.4, 0.5) is 11.8 Å². The first kappa shape index (κ1) is 24.3. The first-order valence-corrected chi connectivity index (χ1v) is 14.8. The van der Waals surface area contributed by atoms with E-state index in [0.29, 0.717) is 55.2 Å². The molecule has 5 heterocycles. The van der Waals surface area contributed by atoms with Gasteiger partial charge in [-0.3, -0.25) is 0 Å². The number of ether oxygens (including phenoxy) is 1. The van der Waals surface area contributed by atoms with Crippen LogP contribution in [0.5, 0.6) is 0 Å². The number of anilines is 2. The van der Waals surface area contributed by atoms with E-state index in [1.54, 1.807) is 28.1 Å². The minimum atomic E-state index is -3.47. The van der Waals surface area contributed by atoms with Crippen molar-refractivity contribution in [3.63, 3.8) is 0 Å². The largest absolute Gasteiger partial charge is 0.376 e. The van der Waals surface area contributed by atoms with Gasteiger partial charge in [-0.1, -0.05) is 36.4 Å². The number of thiophene rings is 1.